The molecule has 1 aromatic carbocycles. The predicted octanol–water partition coefficient (Wildman–Crippen LogP) is 3.93. The average Bonchev–Trinajstić information content (AvgIpc) is 2.39. The van der Waals surface area contributed by atoms with Gasteiger partial charge in [0.2, 0.25) is 0 Å². The molecular formula is C16H24BrNO. The molecule has 0 amide bonds. The van der Waals surface area contributed by atoms with Crippen molar-refractivity contribution in [1.29, 1.82) is 0 Å². The molecule has 0 radical (unpaired) electrons. The molecule has 1 aliphatic heterocycles. The average molecular weight is 326 g/mol. The smallest absolute Gasteiger partial charge is 0.0810 e. The number of hydrogen-bond acceptors (Lipinski definition) is 2. The van der Waals surface area contributed by atoms with Gasteiger partial charge in [-0.25, -0.2) is 0 Å². The molecule has 106 valence electrons. The van der Waals surface area contributed by atoms with E-state index in [1.807, 2.05) is 0 Å². The van der Waals surface area contributed by atoms with E-state index in [1.54, 1.807) is 0 Å². The molecule has 3 heteroatoms. The summed E-state index contributed by atoms with van der Waals surface area (Å²) in [7, 11) is 0. The molecule has 0 spiro atoms. The highest BCUT2D eigenvalue weighted by Gasteiger charge is 2.36. The third-order valence-corrected chi connectivity index (χ3v) is 4.51. The normalized spacial score (nSPS) is 25.2. The minimum Gasteiger partial charge on any atom is -0.374 e. The second kappa shape index (κ2) is 6.87. The molecule has 0 bridgehead atoms. The van der Waals surface area contributed by atoms with Crippen molar-refractivity contribution >= 4 is 15.9 Å². The van der Waals surface area contributed by atoms with Crippen molar-refractivity contribution in [2.75, 3.05) is 13.2 Å². The molecule has 0 aromatic heterocycles. The minimum absolute atomic E-state index is 0.0312. The van der Waals surface area contributed by atoms with E-state index in [0.29, 0.717) is 6.04 Å². The Balaban J connectivity index is 2.11. The van der Waals surface area contributed by atoms with Crippen molar-refractivity contribution in [3.8, 4) is 0 Å². The molecule has 2 atom stereocenters. The molecule has 2 nitrogen and oxygen atoms in total. The number of rotatable bonds is 5. The van der Waals surface area contributed by atoms with Gasteiger partial charge in [-0.05, 0) is 56.8 Å². The Hall–Kier alpha value is -0.380. The third kappa shape index (κ3) is 4.04. The molecule has 19 heavy (non-hydrogen) atoms. The molecule has 1 heterocycles. The Kier molecular flexibility index (Phi) is 5.43. The van der Waals surface area contributed by atoms with Gasteiger partial charge in [0.15, 0.2) is 0 Å². The summed E-state index contributed by atoms with van der Waals surface area (Å²) in [6.07, 6.45) is 4.64. The van der Waals surface area contributed by atoms with Crippen molar-refractivity contribution in [3.63, 3.8) is 0 Å². The molecule has 1 N–H and O–H groups in total. The Bertz CT molecular complexity index is 401. The number of ether oxygens (including phenoxy) is 1. The molecule has 0 aliphatic carbocycles. The molecule has 1 fully saturated rings. The summed E-state index contributed by atoms with van der Waals surface area (Å²) in [5.41, 5.74) is 1.33. The van der Waals surface area contributed by atoms with Gasteiger partial charge < -0.3 is 10.1 Å². The fourth-order valence-electron chi connectivity index (χ4n) is 2.88. The van der Waals surface area contributed by atoms with Crippen molar-refractivity contribution in [3.05, 3.63) is 34.3 Å². The maximum absolute atomic E-state index is 6.11. The van der Waals surface area contributed by atoms with Crippen LogP contribution in [0.15, 0.2) is 28.7 Å². The summed E-state index contributed by atoms with van der Waals surface area (Å²) in [5, 5.41) is 3.62. The molecule has 1 aromatic rings. The molecule has 2 unspecified atom stereocenters. The van der Waals surface area contributed by atoms with Gasteiger partial charge in [-0.15, -0.1) is 0 Å². The molecule has 1 aliphatic rings. The number of nitrogens with one attached hydrogen (secondary N) is 1. The van der Waals surface area contributed by atoms with Gasteiger partial charge in [0.05, 0.1) is 5.60 Å². The number of halogens is 1. The van der Waals surface area contributed by atoms with E-state index in [0.717, 1.165) is 30.5 Å². The second-order valence-electron chi connectivity index (χ2n) is 5.56. The van der Waals surface area contributed by atoms with Crippen LogP contribution in [0.4, 0.5) is 0 Å². The second-order valence-corrected chi connectivity index (χ2v) is 6.48. The van der Waals surface area contributed by atoms with Gasteiger partial charge >= 0.3 is 0 Å². The summed E-state index contributed by atoms with van der Waals surface area (Å²) in [4.78, 5) is 0. The van der Waals surface area contributed by atoms with Gasteiger partial charge in [-0.3, -0.25) is 0 Å². The lowest BCUT2D eigenvalue weighted by Gasteiger charge is -2.41. The van der Waals surface area contributed by atoms with E-state index >= 15 is 0 Å². The van der Waals surface area contributed by atoms with E-state index in [4.69, 9.17) is 4.74 Å². The van der Waals surface area contributed by atoms with Gasteiger partial charge in [-0.1, -0.05) is 35.0 Å². The van der Waals surface area contributed by atoms with Crippen LogP contribution in [-0.4, -0.2) is 24.8 Å². The monoisotopic (exact) mass is 325 g/mol. The lowest BCUT2D eigenvalue weighted by molar-refractivity contribution is -0.0881. The van der Waals surface area contributed by atoms with E-state index in [2.05, 4.69) is 59.4 Å². The zero-order chi connectivity index (χ0) is 13.7. The summed E-state index contributed by atoms with van der Waals surface area (Å²) in [6.45, 7) is 6.31. The van der Waals surface area contributed by atoms with Crippen LogP contribution in [0.3, 0.4) is 0 Å². The SMILES string of the molecule is CCNC(Cc1cccc(Br)c1)C1(C)CCCCO1. The minimum atomic E-state index is -0.0312. The van der Waals surface area contributed by atoms with E-state index in [1.165, 1.54) is 18.4 Å². The first-order valence-electron chi connectivity index (χ1n) is 7.26. The van der Waals surface area contributed by atoms with Crippen LogP contribution in [0.2, 0.25) is 0 Å². The van der Waals surface area contributed by atoms with Gasteiger partial charge in [0.25, 0.3) is 0 Å². The Labute approximate surface area is 125 Å². The van der Waals surface area contributed by atoms with Crippen molar-refractivity contribution < 1.29 is 4.74 Å². The van der Waals surface area contributed by atoms with Crippen LogP contribution >= 0.6 is 15.9 Å². The highest BCUT2D eigenvalue weighted by atomic mass is 79.9. The fourth-order valence-corrected chi connectivity index (χ4v) is 3.33. The van der Waals surface area contributed by atoms with Crippen molar-refractivity contribution in [2.45, 2.75) is 51.2 Å². The first kappa shape index (κ1) is 15.0. The Morgan fingerprint density at radius 2 is 2.26 bits per heavy atom. The molecular weight excluding hydrogens is 302 g/mol. The summed E-state index contributed by atoms with van der Waals surface area (Å²) in [5.74, 6) is 0. The van der Waals surface area contributed by atoms with E-state index in [-0.39, 0.29) is 5.60 Å². The van der Waals surface area contributed by atoms with E-state index < -0.39 is 0 Å². The summed E-state index contributed by atoms with van der Waals surface area (Å²) < 4.78 is 7.26. The van der Waals surface area contributed by atoms with Crippen LogP contribution in [0, 0.1) is 0 Å². The fraction of sp³-hybridized carbons (Fsp3) is 0.625. The van der Waals surface area contributed by atoms with Gasteiger partial charge in [-0.2, -0.15) is 0 Å². The first-order valence-corrected chi connectivity index (χ1v) is 8.05. The lowest BCUT2D eigenvalue weighted by Crippen LogP contribution is -2.53. The third-order valence-electron chi connectivity index (χ3n) is 4.02. The molecule has 2 rings (SSSR count). The molecule has 0 saturated carbocycles. The quantitative estimate of drug-likeness (QED) is 0.885. The highest BCUT2D eigenvalue weighted by molar-refractivity contribution is 9.10. The standard InChI is InChI=1S/C16H24BrNO/c1-3-18-15(16(2)9-4-5-10-19-16)12-13-7-6-8-14(17)11-13/h6-8,11,15,18H,3-5,9-10,12H2,1-2H3. The van der Waals surface area contributed by atoms with Crippen molar-refractivity contribution in [1.82, 2.24) is 5.32 Å². The predicted molar refractivity (Wildman–Crippen MR) is 83.5 cm³/mol. The van der Waals surface area contributed by atoms with Crippen LogP contribution in [-0.2, 0) is 11.2 Å². The zero-order valence-electron chi connectivity index (χ0n) is 11.9. The van der Waals surface area contributed by atoms with Gasteiger partial charge in [0, 0.05) is 17.1 Å². The van der Waals surface area contributed by atoms with Crippen molar-refractivity contribution in [2.24, 2.45) is 0 Å². The van der Waals surface area contributed by atoms with Crippen LogP contribution in [0.1, 0.15) is 38.7 Å². The van der Waals surface area contributed by atoms with E-state index in [9.17, 15) is 0 Å². The van der Waals surface area contributed by atoms with Gasteiger partial charge in [0.1, 0.15) is 0 Å². The summed E-state index contributed by atoms with van der Waals surface area (Å²) >= 11 is 3.55. The molecule has 1 saturated heterocycles. The number of benzene rings is 1. The maximum atomic E-state index is 6.11. The zero-order valence-corrected chi connectivity index (χ0v) is 13.5. The number of likely N-dealkylation sites (N-methyl/N-ethyl adjacent to an activating group) is 1. The van der Waals surface area contributed by atoms with Crippen LogP contribution < -0.4 is 5.32 Å². The Morgan fingerprint density at radius 1 is 1.42 bits per heavy atom. The largest absolute Gasteiger partial charge is 0.374 e. The summed E-state index contributed by atoms with van der Waals surface area (Å²) in [6, 6.07) is 8.96. The highest BCUT2D eigenvalue weighted by Crippen LogP contribution is 2.30. The van der Waals surface area contributed by atoms with Crippen LogP contribution in [0.5, 0.6) is 0 Å². The Morgan fingerprint density at radius 3 is 2.89 bits per heavy atom. The first-order chi connectivity index (χ1) is 9.14. The topological polar surface area (TPSA) is 21.3 Å². The lowest BCUT2D eigenvalue weighted by atomic mass is 9.84. The van der Waals surface area contributed by atoms with Crippen LogP contribution in [0.25, 0.3) is 0 Å². The number of hydrogen-bond donors (Lipinski definition) is 1. The maximum Gasteiger partial charge on any atom is 0.0810 e.